The normalized spacial score (nSPS) is 16.2. The lowest BCUT2D eigenvalue weighted by Gasteiger charge is -2.30. The molecule has 1 N–H and O–H groups in total. The smallest absolute Gasteiger partial charge is 0.272 e. The van der Waals surface area contributed by atoms with Crippen LogP contribution in [-0.4, -0.2) is 58.6 Å². The Bertz CT molecular complexity index is 1240. The molecule has 0 bridgehead atoms. The lowest BCUT2D eigenvalue weighted by Crippen LogP contribution is -2.38. The van der Waals surface area contributed by atoms with E-state index in [-0.39, 0.29) is 17.0 Å². The van der Waals surface area contributed by atoms with Crippen molar-refractivity contribution in [2.45, 2.75) is 72.6 Å². The largest absolute Gasteiger partial charge is 0.339 e. The van der Waals surface area contributed by atoms with Crippen molar-refractivity contribution >= 4 is 16.7 Å². The number of aromatic amines is 1. The number of carbonyl (C=O) groups excluding carboxylic acids is 1. The van der Waals surface area contributed by atoms with E-state index in [0.717, 1.165) is 23.8 Å². The van der Waals surface area contributed by atoms with Crippen molar-refractivity contribution in [3.8, 4) is 0 Å². The number of fused-ring (bicyclic) bond motifs is 1. The van der Waals surface area contributed by atoms with Gasteiger partial charge in [0.05, 0.1) is 16.6 Å². The van der Waals surface area contributed by atoms with Crippen molar-refractivity contribution in [3.63, 3.8) is 0 Å². The topological polar surface area (TPSA) is 69.3 Å². The van der Waals surface area contributed by atoms with E-state index in [1.807, 2.05) is 26.0 Å². The summed E-state index contributed by atoms with van der Waals surface area (Å²) in [7, 11) is 0. The van der Waals surface area contributed by atoms with Crippen molar-refractivity contribution in [3.05, 3.63) is 75.5 Å². The Morgan fingerprint density at radius 3 is 2.33 bits per heavy atom. The van der Waals surface area contributed by atoms with Crippen LogP contribution in [0.1, 0.15) is 87.8 Å². The summed E-state index contributed by atoms with van der Waals surface area (Å²) in [6, 6.07) is 11.8. The number of piperidine rings is 2. The fourth-order valence-corrected chi connectivity index (χ4v) is 5.23. The number of aromatic nitrogens is 2. The molecule has 3 heterocycles. The summed E-state index contributed by atoms with van der Waals surface area (Å²) in [5.74, 6) is -0.169. The number of amides is 1. The van der Waals surface area contributed by atoms with E-state index in [2.05, 4.69) is 28.9 Å². The number of H-pyrrole nitrogens is 1. The van der Waals surface area contributed by atoms with E-state index in [1.165, 1.54) is 51.4 Å². The van der Waals surface area contributed by atoms with Gasteiger partial charge in [0.15, 0.2) is 0 Å². The van der Waals surface area contributed by atoms with Crippen molar-refractivity contribution in [2.24, 2.45) is 5.92 Å². The highest BCUT2D eigenvalue weighted by atomic mass is 19.1. The predicted octanol–water partition coefficient (Wildman–Crippen LogP) is 6.43. The van der Waals surface area contributed by atoms with Crippen LogP contribution in [0.3, 0.4) is 0 Å². The Labute approximate surface area is 232 Å². The number of halogens is 1. The Kier molecular flexibility index (Phi) is 12.1. The van der Waals surface area contributed by atoms with Gasteiger partial charge in [-0.05, 0) is 81.4 Å². The molecule has 2 aliphatic heterocycles. The van der Waals surface area contributed by atoms with Gasteiger partial charge < -0.3 is 9.80 Å². The highest BCUT2D eigenvalue weighted by molar-refractivity contribution is 5.94. The third-order valence-electron chi connectivity index (χ3n) is 7.47. The van der Waals surface area contributed by atoms with Gasteiger partial charge in [0.1, 0.15) is 5.82 Å². The third-order valence-corrected chi connectivity index (χ3v) is 7.47. The molecule has 0 saturated carbocycles. The van der Waals surface area contributed by atoms with Gasteiger partial charge in [0.25, 0.3) is 11.5 Å². The summed E-state index contributed by atoms with van der Waals surface area (Å²) in [6.45, 7) is 13.8. The second-order valence-corrected chi connectivity index (χ2v) is 10.4. The molecule has 212 valence electrons. The minimum atomic E-state index is -0.508. The van der Waals surface area contributed by atoms with Crippen LogP contribution in [0.2, 0.25) is 0 Å². The second-order valence-electron chi connectivity index (χ2n) is 10.4. The van der Waals surface area contributed by atoms with Gasteiger partial charge in [0, 0.05) is 24.9 Å². The first-order valence-corrected chi connectivity index (χ1v) is 14.7. The number of rotatable bonds is 5. The molecule has 0 radical (unpaired) electrons. The molecule has 3 aromatic rings. The highest BCUT2D eigenvalue weighted by Gasteiger charge is 2.24. The molecule has 7 heteroatoms. The first-order valence-electron chi connectivity index (χ1n) is 14.7. The lowest BCUT2D eigenvalue weighted by molar-refractivity contribution is 0.0692. The second kappa shape index (κ2) is 15.5. The average Bonchev–Trinajstić information content (AvgIpc) is 2.98. The summed E-state index contributed by atoms with van der Waals surface area (Å²) in [5.41, 5.74) is 1.32. The molecule has 2 fully saturated rings. The molecule has 0 aliphatic carbocycles. The van der Waals surface area contributed by atoms with E-state index >= 15 is 0 Å². The molecule has 0 spiro atoms. The van der Waals surface area contributed by atoms with Crippen molar-refractivity contribution in [2.75, 3.05) is 32.7 Å². The van der Waals surface area contributed by atoms with Gasteiger partial charge in [-0.1, -0.05) is 58.4 Å². The summed E-state index contributed by atoms with van der Waals surface area (Å²) in [5, 5.41) is 8.00. The Balaban J connectivity index is 0.000000322. The zero-order valence-corrected chi connectivity index (χ0v) is 24.1. The van der Waals surface area contributed by atoms with Gasteiger partial charge in [-0.15, -0.1) is 0 Å². The molecule has 1 aromatic heterocycles. The predicted molar refractivity (Wildman–Crippen MR) is 158 cm³/mol. The number of hydrogen-bond acceptors (Lipinski definition) is 4. The quantitative estimate of drug-likeness (QED) is 0.408. The molecule has 0 atom stereocenters. The van der Waals surface area contributed by atoms with E-state index in [1.54, 1.807) is 29.2 Å². The minimum Gasteiger partial charge on any atom is -0.339 e. The Morgan fingerprint density at radius 1 is 1.00 bits per heavy atom. The summed E-state index contributed by atoms with van der Waals surface area (Å²) in [4.78, 5) is 29.1. The summed E-state index contributed by atoms with van der Waals surface area (Å²) < 4.78 is 14.4. The van der Waals surface area contributed by atoms with Crippen molar-refractivity contribution in [1.29, 1.82) is 0 Å². The van der Waals surface area contributed by atoms with Crippen LogP contribution < -0.4 is 5.56 Å². The number of hydrogen-bond donors (Lipinski definition) is 1. The minimum absolute atomic E-state index is 0.0979. The van der Waals surface area contributed by atoms with E-state index in [0.29, 0.717) is 36.5 Å². The van der Waals surface area contributed by atoms with Gasteiger partial charge >= 0.3 is 0 Å². The molecule has 2 aliphatic rings. The van der Waals surface area contributed by atoms with E-state index < -0.39 is 5.82 Å². The summed E-state index contributed by atoms with van der Waals surface area (Å²) in [6.07, 6.45) is 7.93. The third kappa shape index (κ3) is 8.46. The van der Waals surface area contributed by atoms with Gasteiger partial charge in [-0.2, -0.15) is 5.10 Å². The number of likely N-dealkylation sites (tertiary alicyclic amines) is 2. The highest BCUT2D eigenvalue weighted by Crippen LogP contribution is 2.22. The van der Waals surface area contributed by atoms with E-state index in [9.17, 15) is 14.0 Å². The Hall–Kier alpha value is -3.06. The molecule has 2 aromatic carbocycles. The molecule has 39 heavy (non-hydrogen) atoms. The van der Waals surface area contributed by atoms with Crippen LogP contribution >= 0.6 is 0 Å². The standard InChI is InChI=1S/C22H22FN3O2.C8H17N.C2H6/c1-14-8-10-26(11-9-14)22(28)18-12-15(6-7-19(18)23)13-20-16-4-2-3-5-17(16)21(27)25-24-20;1-2-6-9-7-4-3-5-8-9;1-2/h2-7,12,14H,8-11,13H2,1H3,(H,25,27);2-8H2,1H3;1-2H3. The van der Waals surface area contributed by atoms with Crippen molar-refractivity contribution in [1.82, 2.24) is 20.0 Å². The maximum atomic E-state index is 14.4. The molecule has 2 saturated heterocycles. The average molecular weight is 537 g/mol. The molecule has 5 rings (SSSR count). The molecular weight excluding hydrogens is 491 g/mol. The monoisotopic (exact) mass is 536 g/mol. The lowest BCUT2D eigenvalue weighted by atomic mass is 9.97. The molecular formula is C32H45FN4O2. The SMILES string of the molecule is CC.CC1CCN(C(=O)c2cc(Cc3n[nH]c(=O)c4ccccc34)ccc2F)CC1.CCCN1CCCCC1. The van der Waals surface area contributed by atoms with Crippen LogP contribution in [0.5, 0.6) is 0 Å². The van der Waals surface area contributed by atoms with Crippen LogP contribution in [-0.2, 0) is 6.42 Å². The molecule has 1 amide bonds. The zero-order chi connectivity index (χ0) is 28.2. The Morgan fingerprint density at radius 2 is 1.67 bits per heavy atom. The van der Waals surface area contributed by atoms with Crippen LogP contribution in [0.25, 0.3) is 10.8 Å². The van der Waals surface area contributed by atoms with Gasteiger partial charge in [-0.3, -0.25) is 9.59 Å². The van der Waals surface area contributed by atoms with Gasteiger partial charge in [-0.25, -0.2) is 9.49 Å². The first-order chi connectivity index (χ1) is 19.0. The zero-order valence-electron chi connectivity index (χ0n) is 24.1. The maximum Gasteiger partial charge on any atom is 0.272 e. The number of nitrogens with zero attached hydrogens (tertiary/aromatic N) is 3. The molecule has 6 nitrogen and oxygen atoms in total. The number of carbonyl (C=O) groups is 1. The summed E-state index contributed by atoms with van der Waals surface area (Å²) >= 11 is 0. The van der Waals surface area contributed by atoms with Crippen molar-refractivity contribution < 1.29 is 9.18 Å². The number of benzene rings is 2. The maximum absolute atomic E-state index is 14.4. The fraction of sp³-hybridized carbons (Fsp3) is 0.531. The number of nitrogens with one attached hydrogen (secondary N) is 1. The first kappa shape index (κ1) is 30.5. The van der Waals surface area contributed by atoms with Crippen LogP contribution in [0.15, 0.2) is 47.3 Å². The molecule has 0 unspecified atom stereocenters. The van der Waals surface area contributed by atoms with E-state index in [4.69, 9.17) is 0 Å². The van der Waals surface area contributed by atoms with Gasteiger partial charge in [0.2, 0.25) is 0 Å². The van der Waals surface area contributed by atoms with Crippen LogP contribution in [0.4, 0.5) is 4.39 Å². The van der Waals surface area contributed by atoms with Crippen LogP contribution in [0, 0.1) is 11.7 Å². The fourth-order valence-electron chi connectivity index (χ4n) is 5.23.